The van der Waals surface area contributed by atoms with Gasteiger partial charge in [-0.15, -0.1) is 0 Å². The molecule has 4 rings (SSSR count). The quantitative estimate of drug-likeness (QED) is 0.337. The van der Waals surface area contributed by atoms with Crippen molar-refractivity contribution in [3.63, 3.8) is 0 Å². The van der Waals surface area contributed by atoms with Gasteiger partial charge in [0.2, 0.25) is 5.91 Å². The van der Waals surface area contributed by atoms with Gasteiger partial charge in [0.05, 0.1) is 31.9 Å². The third-order valence-electron chi connectivity index (χ3n) is 8.36. The number of aliphatic hydroxyl groups excluding tert-OH is 1. The third kappa shape index (κ3) is 6.83. The molecule has 3 heterocycles. The highest BCUT2D eigenvalue weighted by atomic mass is 35.5. The number of rotatable bonds is 4. The number of allylic oxidation sites excluding steroid dienone is 2. The van der Waals surface area contributed by atoms with Gasteiger partial charge < -0.3 is 38.8 Å². The Hall–Kier alpha value is -3.16. The number of aliphatic hydroxyl groups is 2. The topological polar surface area (TPSA) is 156 Å². The zero-order valence-corrected chi connectivity index (χ0v) is 25.8. The van der Waals surface area contributed by atoms with E-state index in [1.165, 1.54) is 26.0 Å². The molecule has 7 atom stereocenters. The Morgan fingerprint density at radius 2 is 2.00 bits per heavy atom. The first-order chi connectivity index (χ1) is 20.3. The second-order valence-corrected chi connectivity index (χ2v) is 11.7. The van der Waals surface area contributed by atoms with Crippen LogP contribution >= 0.6 is 11.6 Å². The largest absolute Gasteiger partial charge is 0.495 e. The van der Waals surface area contributed by atoms with Crippen molar-refractivity contribution in [3.05, 3.63) is 46.5 Å². The number of carbonyl (C=O) groups is 3. The molecule has 4 bridgehead atoms. The first kappa shape index (κ1) is 32.7. The van der Waals surface area contributed by atoms with E-state index in [1.807, 2.05) is 0 Å². The number of fused-ring (bicyclic) bond motifs is 5. The molecule has 7 unspecified atom stereocenters. The summed E-state index contributed by atoms with van der Waals surface area (Å²) in [6.45, 7) is 4.49. The molecule has 0 saturated carbocycles. The second-order valence-electron chi connectivity index (χ2n) is 11.4. The van der Waals surface area contributed by atoms with E-state index in [1.54, 1.807) is 51.3 Å². The maximum Gasteiger partial charge on any atom is 0.409 e. The average Bonchev–Trinajstić information content (AvgIpc) is 3.65. The molecule has 0 radical (unpaired) electrons. The van der Waals surface area contributed by atoms with Crippen molar-refractivity contribution in [3.8, 4) is 5.75 Å². The maximum absolute atomic E-state index is 13.6. The van der Waals surface area contributed by atoms with Crippen LogP contribution in [0.2, 0.25) is 5.02 Å². The molecule has 12 nitrogen and oxygen atoms in total. The summed E-state index contributed by atoms with van der Waals surface area (Å²) in [5.41, 5.74) is -1.24. The number of amides is 2. The standard InChI is InChI=1S/C30H39ClN2O10/c1-16-22-14-30(38,32-28(37)42-22)23(40-6)9-7-8-18(15-34)10-19-11-20(26(31)21(12-19)39-5)33(4)25(36)13-24(41-17(2)35)29(3)27(16)43-29/h7-9,11-12,16,22-24,27,34,38H,10,13-15H2,1-6H3,(H,32,37). The van der Waals surface area contributed by atoms with Crippen LogP contribution in [0.3, 0.4) is 0 Å². The summed E-state index contributed by atoms with van der Waals surface area (Å²) < 4.78 is 28.3. The molecule has 3 aliphatic heterocycles. The molecule has 0 spiro atoms. The SMILES string of the molecule is COc1cc2cc(c1Cl)N(C)C(=O)CC(OC(C)=O)C1(C)OC1C(C)C1CC(O)(NC(=O)O1)C(OC)C=CC=C(CO)C2. The zero-order chi connectivity index (χ0) is 31.7. The number of ether oxygens (including phenoxy) is 5. The lowest BCUT2D eigenvalue weighted by Gasteiger charge is -2.42. The smallest absolute Gasteiger partial charge is 0.409 e. The Balaban J connectivity index is 1.81. The number of hydrogen-bond donors (Lipinski definition) is 3. The number of methoxy groups -OCH3 is 2. The average molecular weight is 623 g/mol. The van der Waals surface area contributed by atoms with Crippen molar-refractivity contribution in [1.29, 1.82) is 0 Å². The molecule has 1 aromatic carbocycles. The van der Waals surface area contributed by atoms with Crippen molar-refractivity contribution < 1.29 is 48.3 Å². The van der Waals surface area contributed by atoms with Crippen LogP contribution in [0.1, 0.15) is 39.2 Å². The highest BCUT2D eigenvalue weighted by molar-refractivity contribution is 6.35. The fraction of sp³-hybridized carbons (Fsp3) is 0.567. The van der Waals surface area contributed by atoms with Gasteiger partial charge in [0, 0.05) is 33.4 Å². The number of anilines is 1. The molecule has 0 aromatic heterocycles. The van der Waals surface area contributed by atoms with Crippen molar-refractivity contribution in [2.75, 3.05) is 32.8 Å². The number of esters is 1. The summed E-state index contributed by atoms with van der Waals surface area (Å²) in [5.74, 6) is -1.13. The van der Waals surface area contributed by atoms with E-state index >= 15 is 0 Å². The second kappa shape index (κ2) is 12.8. The summed E-state index contributed by atoms with van der Waals surface area (Å²) in [7, 11) is 4.42. The molecule has 236 valence electrons. The van der Waals surface area contributed by atoms with Crippen LogP contribution in [0.15, 0.2) is 35.9 Å². The minimum Gasteiger partial charge on any atom is -0.495 e. The van der Waals surface area contributed by atoms with E-state index in [4.69, 9.17) is 35.3 Å². The van der Waals surface area contributed by atoms with Gasteiger partial charge in [-0.05, 0) is 36.6 Å². The monoisotopic (exact) mass is 622 g/mol. The Labute approximate surface area is 255 Å². The van der Waals surface area contributed by atoms with Gasteiger partial charge in [-0.25, -0.2) is 4.79 Å². The summed E-state index contributed by atoms with van der Waals surface area (Å²) in [6.07, 6.45) is 0.724. The van der Waals surface area contributed by atoms with Gasteiger partial charge in [0.15, 0.2) is 5.72 Å². The van der Waals surface area contributed by atoms with E-state index in [0.29, 0.717) is 22.6 Å². The van der Waals surface area contributed by atoms with Crippen LogP contribution in [-0.4, -0.2) is 91.8 Å². The van der Waals surface area contributed by atoms with Gasteiger partial charge >= 0.3 is 12.1 Å². The van der Waals surface area contributed by atoms with E-state index < -0.39 is 59.6 Å². The molecule has 13 heteroatoms. The van der Waals surface area contributed by atoms with Crippen LogP contribution in [-0.2, 0) is 35.0 Å². The van der Waals surface area contributed by atoms with Crippen molar-refractivity contribution in [1.82, 2.24) is 5.32 Å². The lowest BCUT2D eigenvalue weighted by molar-refractivity contribution is -0.151. The number of epoxide rings is 1. The fourth-order valence-corrected chi connectivity index (χ4v) is 6.14. The molecule has 2 amide bonds. The highest BCUT2D eigenvalue weighted by Crippen LogP contribution is 2.49. The molecule has 43 heavy (non-hydrogen) atoms. The maximum atomic E-state index is 13.6. The summed E-state index contributed by atoms with van der Waals surface area (Å²) >= 11 is 6.63. The van der Waals surface area contributed by atoms with Gasteiger partial charge in [0.25, 0.3) is 0 Å². The number of nitrogens with zero attached hydrogens (tertiary/aromatic N) is 1. The van der Waals surface area contributed by atoms with Crippen molar-refractivity contribution in [2.45, 2.75) is 75.8 Å². The van der Waals surface area contributed by atoms with E-state index in [2.05, 4.69) is 5.32 Å². The highest BCUT2D eigenvalue weighted by Gasteiger charge is 2.64. The molecule has 0 aliphatic carbocycles. The summed E-state index contributed by atoms with van der Waals surface area (Å²) in [5, 5.41) is 24.3. The number of carbonyl (C=O) groups excluding carboxylic acids is 3. The van der Waals surface area contributed by atoms with Crippen LogP contribution in [0, 0.1) is 5.92 Å². The Morgan fingerprint density at radius 3 is 2.63 bits per heavy atom. The predicted molar refractivity (Wildman–Crippen MR) is 156 cm³/mol. The Morgan fingerprint density at radius 1 is 1.28 bits per heavy atom. The third-order valence-corrected chi connectivity index (χ3v) is 8.74. The van der Waals surface area contributed by atoms with Crippen molar-refractivity contribution >= 4 is 35.3 Å². The van der Waals surface area contributed by atoms with Crippen LogP contribution in [0.25, 0.3) is 0 Å². The van der Waals surface area contributed by atoms with E-state index in [0.717, 1.165) is 0 Å². The minimum absolute atomic E-state index is 0.0424. The normalized spacial score (nSPS) is 33.1. The Kier molecular flexibility index (Phi) is 9.77. The number of benzene rings is 1. The van der Waals surface area contributed by atoms with Crippen LogP contribution in [0.4, 0.5) is 10.5 Å². The molecule has 3 aliphatic rings. The molecular formula is C30H39ClN2O10. The fourth-order valence-electron chi connectivity index (χ4n) is 5.83. The van der Waals surface area contributed by atoms with E-state index in [9.17, 15) is 24.6 Å². The lowest BCUT2D eigenvalue weighted by atomic mass is 9.83. The number of halogens is 1. The summed E-state index contributed by atoms with van der Waals surface area (Å²) in [4.78, 5) is 39.7. The molecular weight excluding hydrogens is 584 g/mol. The number of alkyl carbamates (subject to hydrolysis) is 1. The van der Waals surface area contributed by atoms with Gasteiger partial charge in [-0.1, -0.05) is 36.8 Å². The Bertz CT molecular complexity index is 1320. The lowest BCUT2D eigenvalue weighted by Crippen LogP contribution is -2.63. The first-order valence-electron chi connectivity index (χ1n) is 13.9. The van der Waals surface area contributed by atoms with Gasteiger partial charge in [-0.2, -0.15) is 0 Å². The van der Waals surface area contributed by atoms with Gasteiger partial charge in [-0.3, -0.25) is 14.9 Å². The zero-order valence-electron chi connectivity index (χ0n) is 25.1. The van der Waals surface area contributed by atoms with Crippen LogP contribution in [0.5, 0.6) is 5.75 Å². The van der Waals surface area contributed by atoms with Gasteiger partial charge in [0.1, 0.15) is 34.7 Å². The predicted octanol–water partition coefficient (Wildman–Crippen LogP) is 2.66. The number of hydrogen-bond acceptors (Lipinski definition) is 10. The van der Waals surface area contributed by atoms with Crippen molar-refractivity contribution in [2.24, 2.45) is 5.92 Å². The molecule has 2 fully saturated rings. The number of nitrogens with one attached hydrogen (secondary N) is 1. The van der Waals surface area contributed by atoms with E-state index in [-0.39, 0.29) is 30.9 Å². The molecule has 3 N–H and O–H groups in total. The van der Waals surface area contributed by atoms with Crippen LogP contribution < -0.4 is 15.0 Å². The molecule has 2 saturated heterocycles. The molecule has 1 aromatic rings. The first-order valence-corrected chi connectivity index (χ1v) is 14.3. The summed E-state index contributed by atoms with van der Waals surface area (Å²) in [6, 6.07) is 3.44. The minimum atomic E-state index is -1.83.